The number of rotatable bonds is 4. The van der Waals surface area contributed by atoms with E-state index in [9.17, 15) is 4.79 Å². The van der Waals surface area contributed by atoms with Gasteiger partial charge in [0.25, 0.3) is 5.91 Å². The van der Waals surface area contributed by atoms with Crippen LogP contribution in [0.5, 0.6) is 0 Å². The van der Waals surface area contributed by atoms with Crippen LogP contribution < -0.4 is 10.6 Å². The Morgan fingerprint density at radius 1 is 1.56 bits per heavy atom. The highest BCUT2D eigenvalue weighted by Gasteiger charge is 2.12. The van der Waals surface area contributed by atoms with E-state index in [1.54, 1.807) is 0 Å². The predicted octanol–water partition coefficient (Wildman–Crippen LogP) is 1.40. The fourth-order valence-electron chi connectivity index (χ4n) is 2.05. The monoisotopic (exact) mass is 248 g/mol. The zero-order valence-corrected chi connectivity index (χ0v) is 10.7. The number of benzene rings is 1. The van der Waals surface area contributed by atoms with Gasteiger partial charge < -0.3 is 15.7 Å². The minimum absolute atomic E-state index is 0.0660. The Morgan fingerprint density at radius 3 is 3.17 bits per heavy atom. The lowest BCUT2D eigenvalue weighted by atomic mass is 10.0. The van der Waals surface area contributed by atoms with Gasteiger partial charge in [-0.1, -0.05) is 6.92 Å². The zero-order valence-electron chi connectivity index (χ0n) is 10.7. The van der Waals surface area contributed by atoms with E-state index in [1.165, 1.54) is 5.56 Å². The first-order valence-electron chi connectivity index (χ1n) is 6.46. The Hall–Kier alpha value is -1.55. The van der Waals surface area contributed by atoms with Gasteiger partial charge in [0.2, 0.25) is 0 Å². The number of aliphatic hydroxyl groups excluding tert-OH is 1. The maximum absolute atomic E-state index is 11.9. The van der Waals surface area contributed by atoms with Crippen LogP contribution in [-0.2, 0) is 6.42 Å². The first-order valence-corrected chi connectivity index (χ1v) is 6.46. The molecule has 1 aliphatic heterocycles. The summed E-state index contributed by atoms with van der Waals surface area (Å²) in [6.45, 7) is 3.50. The van der Waals surface area contributed by atoms with Crippen LogP contribution in [0.2, 0.25) is 0 Å². The molecule has 0 aliphatic carbocycles. The van der Waals surface area contributed by atoms with Gasteiger partial charge in [0, 0.05) is 30.9 Å². The molecule has 98 valence electrons. The van der Waals surface area contributed by atoms with Gasteiger partial charge in [0.05, 0.1) is 0 Å². The number of aryl methyl sites for hydroxylation is 1. The van der Waals surface area contributed by atoms with Crippen molar-refractivity contribution in [3.63, 3.8) is 0 Å². The molecule has 1 aromatic rings. The molecule has 1 amide bonds. The summed E-state index contributed by atoms with van der Waals surface area (Å²) in [4.78, 5) is 11.9. The maximum atomic E-state index is 11.9. The SMILES string of the molecule is CC(CO)CNC(=O)c1ccc2c(c1)CCCN2. The van der Waals surface area contributed by atoms with E-state index in [2.05, 4.69) is 10.6 Å². The molecule has 2 rings (SSSR count). The van der Waals surface area contributed by atoms with Crippen molar-refractivity contribution in [3.8, 4) is 0 Å². The smallest absolute Gasteiger partial charge is 0.251 e. The largest absolute Gasteiger partial charge is 0.396 e. The van der Waals surface area contributed by atoms with Crippen LogP contribution in [0.4, 0.5) is 5.69 Å². The quantitative estimate of drug-likeness (QED) is 0.755. The minimum Gasteiger partial charge on any atom is -0.396 e. The molecule has 3 N–H and O–H groups in total. The molecule has 0 aromatic heterocycles. The summed E-state index contributed by atoms with van der Waals surface area (Å²) in [6.07, 6.45) is 2.14. The molecule has 0 fully saturated rings. The van der Waals surface area contributed by atoms with Crippen molar-refractivity contribution in [2.45, 2.75) is 19.8 Å². The van der Waals surface area contributed by atoms with E-state index < -0.39 is 0 Å². The van der Waals surface area contributed by atoms with Crippen molar-refractivity contribution in [2.75, 3.05) is 25.0 Å². The standard InChI is InChI=1S/C14H20N2O2/c1-10(9-17)8-16-14(18)12-4-5-13-11(7-12)3-2-6-15-13/h4-5,7,10,15,17H,2-3,6,8-9H2,1H3,(H,16,18). The lowest BCUT2D eigenvalue weighted by Gasteiger charge is -2.18. The van der Waals surface area contributed by atoms with E-state index >= 15 is 0 Å². The summed E-state index contributed by atoms with van der Waals surface area (Å²) >= 11 is 0. The highest BCUT2D eigenvalue weighted by molar-refractivity contribution is 5.94. The average Bonchev–Trinajstić information content (AvgIpc) is 2.43. The second-order valence-corrected chi connectivity index (χ2v) is 4.90. The van der Waals surface area contributed by atoms with Crippen LogP contribution in [0.1, 0.15) is 29.3 Å². The summed E-state index contributed by atoms with van der Waals surface area (Å²) in [5.41, 5.74) is 3.05. The van der Waals surface area contributed by atoms with Crippen LogP contribution in [0.25, 0.3) is 0 Å². The number of carbonyl (C=O) groups is 1. The fraction of sp³-hybridized carbons (Fsp3) is 0.500. The third-order valence-electron chi connectivity index (χ3n) is 3.23. The normalized spacial score (nSPS) is 15.4. The van der Waals surface area contributed by atoms with Gasteiger partial charge in [-0.05, 0) is 42.5 Å². The molecule has 1 aliphatic rings. The Balaban J connectivity index is 2.02. The van der Waals surface area contributed by atoms with Crippen LogP contribution >= 0.6 is 0 Å². The summed E-state index contributed by atoms with van der Waals surface area (Å²) in [5.74, 6) is 0.0249. The van der Waals surface area contributed by atoms with Crippen LogP contribution in [0.15, 0.2) is 18.2 Å². The molecule has 4 nitrogen and oxygen atoms in total. The Bertz CT molecular complexity index is 432. The molecular weight excluding hydrogens is 228 g/mol. The summed E-state index contributed by atoms with van der Waals surface area (Å²) in [5, 5.41) is 15.1. The second-order valence-electron chi connectivity index (χ2n) is 4.90. The van der Waals surface area contributed by atoms with Crippen molar-refractivity contribution in [3.05, 3.63) is 29.3 Å². The highest BCUT2D eigenvalue weighted by atomic mass is 16.3. The lowest BCUT2D eigenvalue weighted by molar-refractivity contribution is 0.0942. The van der Waals surface area contributed by atoms with E-state index in [1.807, 2.05) is 25.1 Å². The Labute approximate surface area is 107 Å². The van der Waals surface area contributed by atoms with Crippen LogP contribution in [-0.4, -0.2) is 30.7 Å². The zero-order chi connectivity index (χ0) is 13.0. The number of carbonyl (C=O) groups excluding carboxylic acids is 1. The van der Waals surface area contributed by atoms with Crippen LogP contribution in [0, 0.1) is 5.92 Å². The number of nitrogens with one attached hydrogen (secondary N) is 2. The fourth-order valence-corrected chi connectivity index (χ4v) is 2.05. The molecule has 0 radical (unpaired) electrons. The lowest BCUT2D eigenvalue weighted by Crippen LogP contribution is -2.29. The second kappa shape index (κ2) is 5.87. The molecule has 18 heavy (non-hydrogen) atoms. The van der Waals surface area contributed by atoms with E-state index in [4.69, 9.17) is 5.11 Å². The molecule has 0 saturated heterocycles. The Morgan fingerprint density at radius 2 is 2.39 bits per heavy atom. The molecule has 4 heteroatoms. The van der Waals surface area contributed by atoms with Gasteiger partial charge in [-0.15, -0.1) is 0 Å². The number of hydrogen-bond donors (Lipinski definition) is 3. The molecule has 0 spiro atoms. The molecule has 0 saturated carbocycles. The molecule has 1 unspecified atom stereocenters. The van der Waals surface area contributed by atoms with Crippen molar-refractivity contribution in [1.29, 1.82) is 0 Å². The van der Waals surface area contributed by atoms with E-state index in [0.29, 0.717) is 12.1 Å². The first-order chi connectivity index (χ1) is 8.70. The number of amides is 1. The highest BCUT2D eigenvalue weighted by Crippen LogP contribution is 2.22. The number of fused-ring (bicyclic) bond motifs is 1. The molecule has 0 bridgehead atoms. The van der Waals surface area contributed by atoms with Gasteiger partial charge in [0.15, 0.2) is 0 Å². The Kier molecular flexibility index (Phi) is 4.20. The third-order valence-corrected chi connectivity index (χ3v) is 3.23. The van der Waals surface area contributed by atoms with Crippen molar-refractivity contribution < 1.29 is 9.90 Å². The van der Waals surface area contributed by atoms with Gasteiger partial charge in [-0.25, -0.2) is 0 Å². The summed E-state index contributed by atoms with van der Waals surface area (Å²) in [6, 6.07) is 5.77. The maximum Gasteiger partial charge on any atom is 0.251 e. The average molecular weight is 248 g/mol. The molecule has 1 aromatic carbocycles. The number of anilines is 1. The van der Waals surface area contributed by atoms with Gasteiger partial charge in [-0.3, -0.25) is 4.79 Å². The third kappa shape index (κ3) is 3.01. The van der Waals surface area contributed by atoms with E-state index in [0.717, 1.165) is 25.1 Å². The van der Waals surface area contributed by atoms with Crippen molar-refractivity contribution in [1.82, 2.24) is 5.32 Å². The first kappa shape index (κ1) is 12.9. The predicted molar refractivity (Wildman–Crippen MR) is 71.8 cm³/mol. The summed E-state index contributed by atoms with van der Waals surface area (Å²) in [7, 11) is 0. The van der Waals surface area contributed by atoms with Gasteiger partial charge in [-0.2, -0.15) is 0 Å². The number of hydrogen-bond acceptors (Lipinski definition) is 3. The summed E-state index contributed by atoms with van der Waals surface area (Å²) < 4.78 is 0. The molecule has 1 atom stereocenters. The molecule has 1 heterocycles. The van der Waals surface area contributed by atoms with E-state index in [-0.39, 0.29) is 18.4 Å². The van der Waals surface area contributed by atoms with Gasteiger partial charge >= 0.3 is 0 Å². The van der Waals surface area contributed by atoms with Crippen molar-refractivity contribution >= 4 is 11.6 Å². The van der Waals surface area contributed by atoms with Gasteiger partial charge in [0.1, 0.15) is 0 Å². The minimum atomic E-state index is -0.0660. The van der Waals surface area contributed by atoms with Crippen LogP contribution in [0.3, 0.4) is 0 Å². The molecular formula is C14H20N2O2. The number of aliphatic hydroxyl groups is 1. The van der Waals surface area contributed by atoms with Crippen molar-refractivity contribution in [2.24, 2.45) is 5.92 Å². The topological polar surface area (TPSA) is 61.4 Å².